The molecule has 0 fully saturated rings. The summed E-state index contributed by atoms with van der Waals surface area (Å²) in [5.74, 6) is -0.0425. The number of hydrogen-bond donors (Lipinski definition) is 1. The van der Waals surface area contributed by atoms with Crippen LogP contribution in [0.2, 0.25) is 0 Å². The summed E-state index contributed by atoms with van der Waals surface area (Å²) >= 11 is 1.67. The number of carbonyl (C=O) groups is 1. The predicted molar refractivity (Wildman–Crippen MR) is 113 cm³/mol. The Morgan fingerprint density at radius 1 is 1.14 bits per heavy atom. The highest BCUT2D eigenvalue weighted by molar-refractivity contribution is 7.07. The van der Waals surface area contributed by atoms with E-state index in [1.165, 1.54) is 41.0 Å². The molecule has 1 unspecified atom stereocenters. The fourth-order valence-corrected chi connectivity index (χ4v) is 4.35. The van der Waals surface area contributed by atoms with Gasteiger partial charge in [0.2, 0.25) is 0 Å². The van der Waals surface area contributed by atoms with Crippen LogP contribution in [0.5, 0.6) is 5.75 Å². The Morgan fingerprint density at radius 3 is 2.69 bits per heavy atom. The van der Waals surface area contributed by atoms with Gasteiger partial charge >= 0.3 is 0 Å². The highest BCUT2D eigenvalue weighted by Crippen LogP contribution is 2.28. The third kappa shape index (κ3) is 5.02. The third-order valence-corrected chi connectivity index (χ3v) is 5.91. The molecule has 1 aromatic heterocycles. The van der Waals surface area contributed by atoms with Crippen LogP contribution in [0.4, 0.5) is 4.39 Å². The van der Waals surface area contributed by atoms with Crippen LogP contribution >= 0.6 is 11.3 Å². The molecule has 4 rings (SSSR count). The van der Waals surface area contributed by atoms with E-state index >= 15 is 0 Å². The first kappa shape index (κ1) is 19.6. The lowest BCUT2D eigenvalue weighted by molar-refractivity contribution is -0.123. The topological polar surface area (TPSA) is 41.6 Å². The second-order valence-electron chi connectivity index (χ2n) is 7.11. The van der Waals surface area contributed by atoms with Crippen molar-refractivity contribution in [1.29, 1.82) is 0 Å². The lowest BCUT2D eigenvalue weighted by Crippen LogP contribution is -2.41. The zero-order valence-electron chi connectivity index (χ0n) is 16.0. The minimum atomic E-state index is -0.330. The molecule has 0 aliphatic carbocycles. The quantitative estimate of drug-likeness (QED) is 0.635. The number of amides is 1. The van der Waals surface area contributed by atoms with Gasteiger partial charge in [0.05, 0.1) is 6.04 Å². The molecule has 2 aromatic carbocycles. The van der Waals surface area contributed by atoms with E-state index in [0.29, 0.717) is 12.3 Å². The SMILES string of the molecule is O=C(COc1ccc(F)cc1)NCC(c1ccsc1)N1CCc2ccccc2C1. The zero-order chi connectivity index (χ0) is 20.1. The Morgan fingerprint density at radius 2 is 1.93 bits per heavy atom. The number of fused-ring (bicyclic) bond motifs is 1. The Hall–Kier alpha value is -2.70. The predicted octanol–water partition coefficient (Wildman–Crippen LogP) is 4.18. The van der Waals surface area contributed by atoms with Gasteiger partial charge in [0.1, 0.15) is 11.6 Å². The first-order valence-electron chi connectivity index (χ1n) is 9.67. The highest BCUT2D eigenvalue weighted by Gasteiger charge is 2.25. The van der Waals surface area contributed by atoms with E-state index in [1.807, 2.05) is 0 Å². The van der Waals surface area contributed by atoms with Crippen molar-refractivity contribution < 1.29 is 13.9 Å². The Kier molecular flexibility index (Phi) is 6.22. The molecule has 0 radical (unpaired) electrons. The molecule has 0 saturated heterocycles. The number of hydrogen-bond acceptors (Lipinski definition) is 4. The summed E-state index contributed by atoms with van der Waals surface area (Å²) in [6.07, 6.45) is 1.01. The van der Waals surface area contributed by atoms with Crippen molar-refractivity contribution in [2.75, 3.05) is 19.7 Å². The number of carbonyl (C=O) groups excluding carboxylic acids is 1. The van der Waals surface area contributed by atoms with E-state index in [9.17, 15) is 9.18 Å². The third-order valence-electron chi connectivity index (χ3n) is 5.21. The number of thiophene rings is 1. The molecule has 0 saturated carbocycles. The van der Waals surface area contributed by atoms with Crippen molar-refractivity contribution in [3.8, 4) is 5.75 Å². The molecule has 2 heterocycles. The van der Waals surface area contributed by atoms with E-state index in [4.69, 9.17) is 4.74 Å². The van der Waals surface area contributed by atoms with Gasteiger partial charge in [-0.2, -0.15) is 11.3 Å². The summed E-state index contributed by atoms with van der Waals surface area (Å²) in [6.45, 7) is 2.26. The molecule has 1 N–H and O–H groups in total. The Balaban J connectivity index is 1.37. The van der Waals surface area contributed by atoms with Crippen molar-refractivity contribution >= 4 is 17.2 Å². The number of nitrogens with zero attached hydrogens (tertiary/aromatic N) is 1. The minimum absolute atomic E-state index is 0.0924. The van der Waals surface area contributed by atoms with Crippen molar-refractivity contribution in [2.45, 2.75) is 19.0 Å². The van der Waals surface area contributed by atoms with Gasteiger partial charge < -0.3 is 10.1 Å². The van der Waals surface area contributed by atoms with Crippen LogP contribution in [0, 0.1) is 5.82 Å². The van der Waals surface area contributed by atoms with Gasteiger partial charge in [0.15, 0.2) is 6.61 Å². The molecular formula is C23H23FN2O2S. The minimum Gasteiger partial charge on any atom is -0.484 e. The fourth-order valence-electron chi connectivity index (χ4n) is 3.65. The smallest absolute Gasteiger partial charge is 0.258 e. The van der Waals surface area contributed by atoms with E-state index in [0.717, 1.165) is 19.5 Å². The number of benzene rings is 2. The fraction of sp³-hybridized carbons (Fsp3) is 0.261. The largest absolute Gasteiger partial charge is 0.484 e. The summed E-state index contributed by atoms with van der Waals surface area (Å²) in [5, 5.41) is 7.21. The second kappa shape index (κ2) is 9.20. The summed E-state index contributed by atoms with van der Waals surface area (Å²) in [7, 11) is 0. The number of rotatable bonds is 7. The number of ether oxygens (including phenoxy) is 1. The standard InChI is InChI=1S/C23H23FN2O2S/c24-20-5-7-21(8-6-20)28-15-23(27)25-13-22(19-10-12-29-16-19)26-11-9-17-3-1-2-4-18(17)14-26/h1-8,10,12,16,22H,9,11,13-15H2,(H,25,27). The van der Waals surface area contributed by atoms with Gasteiger partial charge in [0, 0.05) is 19.6 Å². The van der Waals surface area contributed by atoms with Crippen LogP contribution in [-0.2, 0) is 17.8 Å². The molecular weight excluding hydrogens is 387 g/mol. The molecule has 1 atom stereocenters. The van der Waals surface area contributed by atoms with Crippen LogP contribution in [0.15, 0.2) is 65.4 Å². The van der Waals surface area contributed by atoms with Gasteiger partial charge in [-0.3, -0.25) is 9.69 Å². The molecule has 1 aliphatic rings. The molecule has 1 amide bonds. The lowest BCUT2D eigenvalue weighted by Gasteiger charge is -2.35. The van der Waals surface area contributed by atoms with E-state index < -0.39 is 0 Å². The highest BCUT2D eigenvalue weighted by atomic mass is 32.1. The molecule has 6 heteroatoms. The van der Waals surface area contributed by atoms with Crippen LogP contribution in [0.3, 0.4) is 0 Å². The zero-order valence-corrected chi connectivity index (χ0v) is 16.8. The van der Waals surface area contributed by atoms with Gasteiger partial charge in [-0.15, -0.1) is 0 Å². The summed E-state index contributed by atoms with van der Waals surface area (Å²) in [4.78, 5) is 14.7. The van der Waals surface area contributed by atoms with Crippen LogP contribution in [0.25, 0.3) is 0 Å². The average Bonchev–Trinajstić information content (AvgIpc) is 3.28. The molecule has 29 heavy (non-hydrogen) atoms. The maximum Gasteiger partial charge on any atom is 0.258 e. The lowest BCUT2D eigenvalue weighted by atomic mass is 9.97. The second-order valence-corrected chi connectivity index (χ2v) is 7.89. The molecule has 1 aliphatic heterocycles. The van der Waals surface area contributed by atoms with Crippen LogP contribution < -0.4 is 10.1 Å². The Labute approximate surface area is 173 Å². The van der Waals surface area contributed by atoms with Crippen molar-refractivity contribution in [3.05, 3.63) is 87.9 Å². The monoisotopic (exact) mass is 410 g/mol. The average molecular weight is 411 g/mol. The van der Waals surface area contributed by atoms with Crippen molar-refractivity contribution in [1.82, 2.24) is 10.2 Å². The van der Waals surface area contributed by atoms with Gasteiger partial charge in [0.25, 0.3) is 5.91 Å². The summed E-state index contributed by atoms with van der Waals surface area (Å²) in [6, 6.07) is 16.4. The number of halogens is 1. The molecule has 0 bridgehead atoms. The summed E-state index contributed by atoms with van der Waals surface area (Å²) < 4.78 is 18.4. The molecule has 3 aromatic rings. The van der Waals surface area contributed by atoms with E-state index in [1.54, 1.807) is 11.3 Å². The van der Waals surface area contributed by atoms with E-state index in [-0.39, 0.29) is 24.4 Å². The van der Waals surface area contributed by atoms with Crippen LogP contribution in [-0.4, -0.2) is 30.5 Å². The molecule has 0 spiro atoms. The molecule has 150 valence electrons. The number of nitrogens with one attached hydrogen (secondary N) is 1. The first-order valence-corrected chi connectivity index (χ1v) is 10.6. The maximum absolute atomic E-state index is 13.0. The van der Waals surface area contributed by atoms with Gasteiger partial charge in [-0.05, 0) is 64.2 Å². The van der Waals surface area contributed by atoms with Crippen molar-refractivity contribution in [3.63, 3.8) is 0 Å². The normalized spacial score (nSPS) is 14.8. The van der Waals surface area contributed by atoms with Crippen molar-refractivity contribution in [2.24, 2.45) is 0 Å². The molecule has 4 nitrogen and oxygen atoms in total. The Bertz CT molecular complexity index is 944. The first-order chi connectivity index (χ1) is 14.2. The summed E-state index contributed by atoms with van der Waals surface area (Å²) in [5.41, 5.74) is 3.98. The van der Waals surface area contributed by atoms with Crippen LogP contribution in [0.1, 0.15) is 22.7 Å². The maximum atomic E-state index is 13.0. The van der Waals surface area contributed by atoms with Gasteiger partial charge in [-0.25, -0.2) is 4.39 Å². The van der Waals surface area contributed by atoms with E-state index in [2.05, 4.69) is 51.3 Å². The van der Waals surface area contributed by atoms with Gasteiger partial charge in [-0.1, -0.05) is 24.3 Å².